The summed E-state index contributed by atoms with van der Waals surface area (Å²) in [5, 5.41) is 4.97. The van der Waals surface area contributed by atoms with Crippen LogP contribution in [-0.2, 0) is 0 Å². The number of nitrogens with two attached hydrogens (primary N) is 1. The molecule has 0 atom stereocenters. The first-order valence-corrected chi connectivity index (χ1v) is 10.2. The minimum atomic E-state index is 0.797. The van der Waals surface area contributed by atoms with Crippen molar-refractivity contribution >= 4 is 38.3 Å². The number of hydrogen-bond donors (Lipinski definition) is 1. The van der Waals surface area contributed by atoms with Gasteiger partial charge >= 0.3 is 0 Å². The molecule has 6 aromatic rings. The van der Waals surface area contributed by atoms with Crippen LogP contribution in [-0.4, -0.2) is 4.57 Å². The van der Waals surface area contributed by atoms with Gasteiger partial charge in [0.1, 0.15) is 0 Å². The molecule has 0 aliphatic carbocycles. The van der Waals surface area contributed by atoms with E-state index < -0.39 is 0 Å². The number of aromatic nitrogens is 1. The molecule has 5 aromatic carbocycles. The highest BCUT2D eigenvalue weighted by Crippen LogP contribution is 2.36. The maximum absolute atomic E-state index is 6.27. The van der Waals surface area contributed by atoms with Crippen molar-refractivity contribution in [3.05, 3.63) is 109 Å². The summed E-state index contributed by atoms with van der Waals surface area (Å²) in [6.07, 6.45) is 0. The molecule has 6 rings (SSSR count). The SMILES string of the molecule is Nc1ccccc1-c1ccc2cccc(-n3c4ccccc4c4ccccc43)c2c1. The van der Waals surface area contributed by atoms with Gasteiger partial charge in [0.2, 0.25) is 0 Å². The first-order chi connectivity index (χ1) is 14.8. The number of rotatable bonds is 2. The number of hydrogen-bond acceptors (Lipinski definition) is 1. The van der Waals surface area contributed by atoms with E-state index in [1.807, 2.05) is 18.2 Å². The van der Waals surface area contributed by atoms with Crippen LogP contribution in [0.5, 0.6) is 0 Å². The van der Waals surface area contributed by atoms with Crippen molar-refractivity contribution in [3.63, 3.8) is 0 Å². The highest BCUT2D eigenvalue weighted by atomic mass is 15.0. The second-order valence-electron chi connectivity index (χ2n) is 7.67. The third kappa shape index (κ3) is 2.44. The molecule has 0 saturated heterocycles. The predicted octanol–water partition coefficient (Wildman–Crippen LogP) is 7.19. The van der Waals surface area contributed by atoms with Crippen LogP contribution in [0.15, 0.2) is 109 Å². The Labute approximate surface area is 174 Å². The standard InChI is InChI=1S/C28H20N2/c29-25-12-4-1-9-21(25)20-17-16-19-8-7-15-28(24(19)18-20)30-26-13-5-2-10-22(26)23-11-3-6-14-27(23)30/h1-18H,29H2. The first-order valence-electron chi connectivity index (χ1n) is 10.2. The summed E-state index contributed by atoms with van der Waals surface area (Å²) in [6.45, 7) is 0. The molecule has 2 nitrogen and oxygen atoms in total. The molecular weight excluding hydrogens is 364 g/mol. The quantitative estimate of drug-likeness (QED) is 0.315. The Hall–Kier alpha value is -4.04. The zero-order chi connectivity index (χ0) is 20.1. The zero-order valence-electron chi connectivity index (χ0n) is 16.4. The lowest BCUT2D eigenvalue weighted by Gasteiger charge is -2.13. The maximum Gasteiger partial charge on any atom is 0.0541 e. The van der Waals surface area contributed by atoms with Crippen molar-refractivity contribution < 1.29 is 0 Å². The zero-order valence-corrected chi connectivity index (χ0v) is 16.4. The molecule has 0 fully saturated rings. The number of nitrogen functional groups attached to an aromatic ring is 1. The van der Waals surface area contributed by atoms with E-state index in [0.29, 0.717) is 0 Å². The fourth-order valence-electron chi connectivity index (χ4n) is 4.56. The Morgan fingerprint density at radius 1 is 0.533 bits per heavy atom. The second kappa shape index (κ2) is 6.50. The number of fused-ring (bicyclic) bond motifs is 4. The van der Waals surface area contributed by atoms with Crippen LogP contribution in [0.4, 0.5) is 5.69 Å². The second-order valence-corrected chi connectivity index (χ2v) is 7.67. The molecule has 0 unspecified atom stereocenters. The number of para-hydroxylation sites is 3. The average molecular weight is 384 g/mol. The van der Waals surface area contributed by atoms with Crippen LogP contribution in [0.2, 0.25) is 0 Å². The molecule has 0 aliphatic heterocycles. The summed E-state index contributed by atoms with van der Waals surface area (Å²) < 4.78 is 2.38. The van der Waals surface area contributed by atoms with E-state index in [4.69, 9.17) is 5.73 Å². The van der Waals surface area contributed by atoms with Gasteiger partial charge in [-0.1, -0.05) is 78.9 Å². The lowest BCUT2D eigenvalue weighted by atomic mass is 9.99. The molecule has 0 saturated carbocycles. The third-order valence-corrected chi connectivity index (χ3v) is 5.95. The minimum absolute atomic E-state index is 0.797. The Bertz CT molecular complexity index is 1500. The molecule has 30 heavy (non-hydrogen) atoms. The van der Waals surface area contributed by atoms with E-state index in [9.17, 15) is 0 Å². The largest absolute Gasteiger partial charge is 0.398 e. The van der Waals surface area contributed by atoms with Gasteiger partial charge in [-0.25, -0.2) is 0 Å². The van der Waals surface area contributed by atoms with E-state index in [0.717, 1.165) is 16.8 Å². The van der Waals surface area contributed by atoms with E-state index in [2.05, 4.69) is 95.6 Å². The topological polar surface area (TPSA) is 30.9 Å². The molecule has 0 bridgehead atoms. The van der Waals surface area contributed by atoms with Gasteiger partial charge in [0.05, 0.1) is 16.7 Å². The van der Waals surface area contributed by atoms with Gasteiger partial charge in [-0.2, -0.15) is 0 Å². The molecule has 2 N–H and O–H groups in total. The Morgan fingerprint density at radius 2 is 1.20 bits per heavy atom. The average Bonchev–Trinajstić information content (AvgIpc) is 3.13. The summed E-state index contributed by atoms with van der Waals surface area (Å²) in [5.74, 6) is 0. The fraction of sp³-hybridized carbons (Fsp3) is 0. The summed E-state index contributed by atoms with van der Waals surface area (Å²) in [6, 6.07) is 38.4. The van der Waals surface area contributed by atoms with Crippen molar-refractivity contribution in [2.75, 3.05) is 5.73 Å². The van der Waals surface area contributed by atoms with Crippen molar-refractivity contribution in [1.29, 1.82) is 0 Å². The molecule has 0 radical (unpaired) electrons. The molecular formula is C28H20N2. The number of nitrogens with zero attached hydrogens (tertiary/aromatic N) is 1. The van der Waals surface area contributed by atoms with Gasteiger partial charge < -0.3 is 10.3 Å². The molecule has 2 heteroatoms. The monoisotopic (exact) mass is 384 g/mol. The molecule has 0 aliphatic rings. The van der Waals surface area contributed by atoms with Gasteiger partial charge in [-0.3, -0.25) is 0 Å². The molecule has 1 heterocycles. The van der Waals surface area contributed by atoms with Crippen LogP contribution >= 0.6 is 0 Å². The summed E-state index contributed by atoms with van der Waals surface area (Å²) >= 11 is 0. The molecule has 0 amide bonds. The van der Waals surface area contributed by atoms with E-state index in [1.165, 1.54) is 38.3 Å². The first kappa shape index (κ1) is 16.9. The van der Waals surface area contributed by atoms with Crippen LogP contribution in [0.25, 0.3) is 49.4 Å². The van der Waals surface area contributed by atoms with Gasteiger partial charge in [0, 0.05) is 27.4 Å². The van der Waals surface area contributed by atoms with E-state index in [-0.39, 0.29) is 0 Å². The normalized spacial score (nSPS) is 11.5. The van der Waals surface area contributed by atoms with Crippen LogP contribution in [0.3, 0.4) is 0 Å². The fourth-order valence-corrected chi connectivity index (χ4v) is 4.56. The lowest BCUT2D eigenvalue weighted by molar-refractivity contribution is 1.20. The van der Waals surface area contributed by atoms with Crippen molar-refractivity contribution in [2.45, 2.75) is 0 Å². The third-order valence-electron chi connectivity index (χ3n) is 5.95. The van der Waals surface area contributed by atoms with Crippen molar-refractivity contribution in [2.24, 2.45) is 0 Å². The van der Waals surface area contributed by atoms with Crippen molar-refractivity contribution in [3.8, 4) is 16.8 Å². The van der Waals surface area contributed by atoms with E-state index in [1.54, 1.807) is 0 Å². The summed E-state index contributed by atoms with van der Waals surface area (Å²) in [7, 11) is 0. The minimum Gasteiger partial charge on any atom is -0.398 e. The Balaban J connectivity index is 1.71. The molecule has 1 aromatic heterocycles. The maximum atomic E-state index is 6.27. The highest BCUT2D eigenvalue weighted by molar-refractivity contribution is 6.10. The van der Waals surface area contributed by atoms with E-state index >= 15 is 0 Å². The molecule has 142 valence electrons. The van der Waals surface area contributed by atoms with Crippen LogP contribution in [0, 0.1) is 0 Å². The van der Waals surface area contributed by atoms with Crippen LogP contribution in [0.1, 0.15) is 0 Å². The van der Waals surface area contributed by atoms with Gasteiger partial charge in [-0.05, 0) is 41.3 Å². The van der Waals surface area contributed by atoms with Gasteiger partial charge in [0.15, 0.2) is 0 Å². The smallest absolute Gasteiger partial charge is 0.0541 e. The van der Waals surface area contributed by atoms with Gasteiger partial charge in [-0.15, -0.1) is 0 Å². The van der Waals surface area contributed by atoms with Gasteiger partial charge in [0.25, 0.3) is 0 Å². The number of anilines is 1. The van der Waals surface area contributed by atoms with Crippen LogP contribution < -0.4 is 5.73 Å². The molecule has 0 spiro atoms. The predicted molar refractivity (Wildman–Crippen MR) is 128 cm³/mol. The Kier molecular flexibility index (Phi) is 3.65. The lowest BCUT2D eigenvalue weighted by Crippen LogP contribution is -1.96. The summed E-state index contributed by atoms with van der Waals surface area (Å²) in [5.41, 5.74) is 12.9. The summed E-state index contributed by atoms with van der Waals surface area (Å²) in [4.78, 5) is 0. The Morgan fingerprint density at radius 3 is 1.93 bits per heavy atom. The number of benzene rings is 5. The van der Waals surface area contributed by atoms with Crippen molar-refractivity contribution in [1.82, 2.24) is 4.57 Å². The highest BCUT2D eigenvalue weighted by Gasteiger charge is 2.14.